The van der Waals surface area contributed by atoms with Crippen LogP contribution >= 0.6 is 0 Å². The van der Waals surface area contributed by atoms with E-state index in [0.29, 0.717) is 6.41 Å². The molecule has 1 amide bonds. The smallest absolute Gasteiger partial charge is 0.211 e. The van der Waals surface area contributed by atoms with Crippen LogP contribution < -0.4 is 5.32 Å². The second-order valence-electron chi connectivity index (χ2n) is 4.11. The monoisotopic (exact) mass is 236 g/mol. The summed E-state index contributed by atoms with van der Waals surface area (Å²) in [5.74, 6) is 0. The molecule has 3 rings (SSSR count). The van der Waals surface area contributed by atoms with Crippen LogP contribution in [0.1, 0.15) is 0 Å². The van der Waals surface area contributed by atoms with E-state index in [1.807, 2.05) is 36.4 Å². The summed E-state index contributed by atoms with van der Waals surface area (Å²) in [5, 5.41) is 3.82. The Morgan fingerprint density at radius 1 is 1.00 bits per heavy atom. The van der Waals surface area contributed by atoms with Crippen LogP contribution in [0.4, 0.5) is 5.69 Å². The van der Waals surface area contributed by atoms with Gasteiger partial charge in [0.05, 0.1) is 0 Å². The van der Waals surface area contributed by atoms with Gasteiger partial charge in [0, 0.05) is 22.3 Å². The molecule has 0 aliphatic carbocycles. The zero-order chi connectivity index (χ0) is 12.4. The number of fused-ring (bicyclic) bond motifs is 1. The van der Waals surface area contributed by atoms with Gasteiger partial charge >= 0.3 is 0 Å². The third kappa shape index (κ3) is 1.86. The summed E-state index contributed by atoms with van der Waals surface area (Å²) in [4.78, 5) is 13.7. The van der Waals surface area contributed by atoms with Crippen molar-refractivity contribution in [3.05, 3.63) is 54.6 Å². The van der Waals surface area contributed by atoms with Crippen LogP contribution in [-0.2, 0) is 4.79 Å². The van der Waals surface area contributed by atoms with Gasteiger partial charge in [-0.2, -0.15) is 0 Å². The Morgan fingerprint density at radius 3 is 2.50 bits per heavy atom. The number of aromatic nitrogens is 1. The summed E-state index contributed by atoms with van der Waals surface area (Å²) in [6.07, 6.45) is 0.679. The number of carbonyl (C=O) groups is 1. The van der Waals surface area contributed by atoms with Crippen LogP contribution in [0.3, 0.4) is 0 Å². The van der Waals surface area contributed by atoms with Gasteiger partial charge in [0.2, 0.25) is 6.41 Å². The van der Waals surface area contributed by atoms with Crippen LogP contribution in [0.25, 0.3) is 22.2 Å². The number of nitrogens with one attached hydrogen (secondary N) is 2. The van der Waals surface area contributed by atoms with E-state index in [1.165, 1.54) is 5.39 Å². The quantitative estimate of drug-likeness (QED) is 0.672. The number of anilines is 1. The third-order valence-corrected chi connectivity index (χ3v) is 2.95. The molecule has 0 fully saturated rings. The second-order valence-corrected chi connectivity index (χ2v) is 4.11. The fraction of sp³-hybridized carbons (Fsp3) is 0. The lowest BCUT2D eigenvalue weighted by atomic mass is 10.1. The maximum Gasteiger partial charge on any atom is 0.211 e. The molecule has 0 saturated heterocycles. The molecule has 0 aliphatic rings. The van der Waals surface area contributed by atoms with Gasteiger partial charge in [-0.15, -0.1) is 0 Å². The number of rotatable bonds is 3. The Labute approximate surface area is 104 Å². The van der Waals surface area contributed by atoms with Crippen molar-refractivity contribution in [2.75, 3.05) is 5.32 Å². The third-order valence-electron chi connectivity index (χ3n) is 2.95. The Hall–Kier alpha value is -2.55. The fourth-order valence-corrected chi connectivity index (χ4v) is 2.04. The number of amides is 1. The molecule has 0 spiro atoms. The van der Waals surface area contributed by atoms with Gasteiger partial charge in [-0.25, -0.2) is 0 Å². The van der Waals surface area contributed by atoms with Crippen LogP contribution in [-0.4, -0.2) is 11.4 Å². The van der Waals surface area contributed by atoms with Crippen LogP contribution in [0.15, 0.2) is 54.6 Å². The van der Waals surface area contributed by atoms with Crippen LogP contribution in [0.2, 0.25) is 0 Å². The average molecular weight is 236 g/mol. The summed E-state index contributed by atoms with van der Waals surface area (Å²) in [5.41, 5.74) is 4.10. The molecule has 18 heavy (non-hydrogen) atoms. The van der Waals surface area contributed by atoms with Crippen molar-refractivity contribution in [3.63, 3.8) is 0 Å². The summed E-state index contributed by atoms with van der Waals surface area (Å²) >= 11 is 0. The first-order valence-electron chi connectivity index (χ1n) is 5.75. The van der Waals surface area contributed by atoms with Crippen molar-refractivity contribution < 1.29 is 4.79 Å². The largest absolute Gasteiger partial charge is 0.355 e. The van der Waals surface area contributed by atoms with Gasteiger partial charge < -0.3 is 10.3 Å². The summed E-state index contributed by atoms with van der Waals surface area (Å²) in [6, 6.07) is 18.0. The zero-order valence-electron chi connectivity index (χ0n) is 9.68. The topological polar surface area (TPSA) is 44.9 Å². The number of benzene rings is 2. The van der Waals surface area contributed by atoms with Gasteiger partial charge in [-0.3, -0.25) is 4.79 Å². The van der Waals surface area contributed by atoms with Gasteiger partial charge in [0.15, 0.2) is 0 Å². The molecule has 0 saturated carbocycles. The summed E-state index contributed by atoms with van der Waals surface area (Å²) in [7, 11) is 0. The highest BCUT2D eigenvalue weighted by atomic mass is 16.1. The molecule has 0 radical (unpaired) electrons. The highest BCUT2D eigenvalue weighted by Crippen LogP contribution is 2.24. The van der Waals surface area contributed by atoms with E-state index < -0.39 is 0 Å². The first-order valence-corrected chi connectivity index (χ1v) is 5.75. The summed E-state index contributed by atoms with van der Waals surface area (Å²) < 4.78 is 0. The SMILES string of the molecule is O=CNc1ccc(-c2cc3ccccc3[nH]2)cc1. The predicted octanol–water partition coefficient (Wildman–Crippen LogP) is 3.40. The van der Waals surface area contributed by atoms with E-state index in [-0.39, 0.29) is 0 Å². The zero-order valence-corrected chi connectivity index (χ0v) is 9.68. The maximum atomic E-state index is 10.3. The maximum absolute atomic E-state index is 10.3. The number of hydrogen-bond acceptors (Lipinski definition) is 1. The number of hydrogen-bond donors (Lipinski definition) is 2. The van der Waals surface area contributed by atoms with E-state index in [0.717, 1.165) is 22.5 Å². The Balaban J connectivity index is 2.00. The van der Waals surface area contributed by atoms with Gasteiger partial charge in [-0.05, 0) is 29.8 Å². The van der Waals surface area contributed by atoms with Gasteiger partial charge in [0.1, 0.15) is 0 Å². The predicted molar refractivity (Wildman–Crippen MR) is 73.4 cm³/mol. The van der Waals surface area contributed by atoms with Gasteiger partial charge in [-0.1, -0.05) is 30.3 Å². The molecule has 0 bridgehead atoms. The van der Waals surface area contributed by atoms with Crippen molar-refractivity contribution in [1.29, 1.82) is 0 Å². The molecule has 88 valence electrons. The number of carbonyl (C=O) groups excluding carboxylic acids is 1. The second kappa shape index (κ2) is 4.37. The molecule has 0 unspecified atom stereocenters. The molecule has 2 aromatic carbocycles. The van der Waals surface area contributed by atoms with E-state index in [2.05, 4.69) is 28.5 Å². The van der Waals surface area contributed by atoms with Crippen molar-refractivity contribution in [2.24, 2.45) is 0 Å². The Morgan fingerprint density at radius 2 is 1.78 bits per heavy atom. The van der Waals surface area contributed by atoms with E-state index in [4.69, 9.17) is 0 Å². The van der Waals surface area contributed by atoms with E-state index >= 15 is 0 Å². The lowest BCUT2D eigenvalue weighted by Crippen LogP contribution is -1.92. The number of H-pyrrole nitrogens is 1. The molecular formula is C15H12N2O. The first kappa shape index (κ1) is 10.6. The molecular weight excluding hydrogens is 224 g/mol. The minimum atomic E-state index is 0.679. The number of aromatic amines is 1. The fourth-order valence-electron chi connectivity index (χ4n) is 2.04. The van der Waals surface area contributed by atoms with Crippen LogP contribution in [0, 0.1) is 0 Å². The average Bonchev–Trinajstić information content (AvgIpc) is 2.84. The molecule has 3 nitrogen and oxygen atoms in total. The first-order chi connectivity index (χ1) is 8.86. The molecule has 1 heterocycles. The van der Waals surface area contributed by atoms with E-state index in [9.17, 15) is 4.79 Å². The normalized spacial score (nSPS) is 10.4. The molecule has 0 aliphatic heterocycles. The highest BCUT2D eigenvalue weighted by Gasteiger charge is 2.02. The highest BCUT2D eigenvalue weighted by molar-refractivity contribution is 5.86. The summed E-state index contributed by atoms with van der Waals surface area (Å²) in [6.45, 7) is 0. The Bertz CT molecular complexity index is 650. The van der Waals surface area contributed by atoms with Crippen molar-refractivity contribution in [1.82, 2.24) is 4.98 Å². The molecule has 0 atom stereocenters. The molecule has 3 heteroatoms. The van der Waals surface area contributed by atoms with Crippen molar-refractivity contribution >= 4 is 23.0 Å². The standard InChI is InChI=1S/C15H12N2O/c18-10-16-13-7-5-11(6-8-13)15-9-12-3-1-2-4-14(12)17-15/h1-10,17H,(H,16,18). The molecule has 2 N–H and O–H groups in total. The lowest BCUT2D eigenvalue weighted by Gasteiger charge is -2.00. The van der Waals surface area contributed by atoms with Crippen LogP contribution in [0.5, 0.6) is 0 Å². The number of para-hydroxylation sites is 1. The van der Waals surface area contributed by atoms with Gasteiger partial charge in [0.25, 0.3) is 0 Å². The van der Waals surface area contributed by atoms with Crippen molar-refractivity contribution in [2.45, 2.75) is 0 Å². The minimum Gasteiger partial charge on any atom is -0.355 e. The molecule has 3 aromatic rings. The lowest BCUT2D eigenvalue weighted by molar-refractivity contribution is -0.105. The van der Waals surface area contributed by atoms with E-state index in [1.54, 1.807) is 0 Å². The van der Waals surface area contributed by atoms with Crippen molar-refractivity contribution in [3.8, 4) is 11.3 Å². The Kier molecular flexibility index (Phi) is 2.57. The molecule has 1 aromatic heterocycles. The minimum absolute atomic E-state index is 0.679.